The van der Waals surface area contributed by atoms with Crippen LogP contribution in [-0.2, 0) is 0 Å². The van der Waals surface area contributed by atoms with Gasteiger partial charge < -0.3 is 19.4 Å². The molecule has 19 heavy (non-hydrogen) atoms. The molecule has 1 aromatic heterocycles. The molecule has 0 spiro atoms. The maximum atomic E-state index is 9.70. The van der Waals surface area contributed by atoms with E-state index in [4.69, 9.17) is 9.15 Å². The molecule has 4 nitrogen and oxygen atoms in total. The predicted octanol–water partition coefficient (Wildman–Crippen LogP) is 3.52. The lowest BCUT2D eigenvalue weighted by atomic mass is 10.0. The lowest BCUT2D eigenvalue weighted by Gasteiger charge is -2.09. The molecule has 0 aliphatic carbocycles. The Labute approximate surface area is 109 Å². The summed E-state index contributed by atoms with van der Waals surface area (Å²) in [6.45, 7) is 0. The van der Waals surface area contributed by atoms with E-state index in [9.17, 15) is 10.2 Å². The number of rotatable bonds is 2. The fraction of sp³-hybridized carbons (Fsp3) is 0.0667. The number of ether oxygens (including phenoxy) is 1. The van der Waals surface area contributed by atoms with Crippen molar-refractivity contribution in [3.8, 4) is 28.4 Å². The molecule has 0 saturated heterocycles. The third-order valence-electron chi connectivity index (χ3n) is 3.06. The van der Waals surface area contributed by atoms with Crippen molar-refractivity contribution in [3.63, 3.8) is 0 Å². The second-order valence-corrected chi connectivity index (χ2v) is 4.22. The zero-order valence-corrected chi connectivity index (χ0v) is 10.3. The number of phenols is 2. The average molecular weight is 256 g/mol. The molecular weight excluding hydrogens is 244 g/mol. The largest absolute Gasteiger partial charge is 0.504 e. The van der Waals surface area contributed by atoms with E-state index in [-0.39, 0.29) is 17.2 Å². The van der Waals surface area contributed by atoms with E-state index in [0.717, 1.165) is 22.1 Å². The molecule has 1 heterocycles. The van der Waals surface area contributed by atoms with Gasteiger partial charge in [-0.3, -0.25) is 0 Å². The smallest absolute Gasteiger partial charge is 0.200 e. The number of hydrogen-bond donors (Lipinski definition) is 2. The van der Waals surface area contributed by atoms with Crippen LogP contribution in [0, 0.1) is 0 Å². The zero-order chi connectivity index (χ0) is 13.4. The van der Waals surface area contributed by atoms with Crippen molar-refractivity contribution in [1.29, 1.82) is 0 Å². The van der Waals surface area contributed by atoms with Crippen LogP contribution < -0.4 is 4.74 Å². The van der Waals surface area contributed by atoms with Crippen LogP contribution in [0.4, 0.5) is 0 Å². The molecule has 4 heteroatoms. The van der Waals surface area contributed by atoms with Gasteiger partial charge in [-0.05, 0) is 41.5 Å². The van der Waals surface area contributed by atoms with Crippen LogP contribution in [-0.4, -0.2) is 17.3 Å². The summed E-state index contributed by atoms with van der Waals surface area (Å²) in [5.74, 6) is -0.223. The number of hydrogen-bond acceptors (Lipinski definition) is 4. The first-order valence-corrected chi connectivity index (χ1v) is 5.76. The molecular formula is C15H12O4. The first-order valence-electron chi connectivity index (χ1n) is 5.76. The Bertz CT molecular complexity index is 743. The molecule has 0 radical (unpaired) electrons. The van der Waals surface area contributed by atoms with Crippen LogP contribution in [0.3, 0.4) is 0 Å². The quantitative estimate of drug-likeness (QED) is 0.688. The Morgan fingerprint density at radius 1 is 1.00 bits per heavy atom. The van der Waals surface area contributed by atoms with Crippen molar-refractivity contribution in [3.05, 3.63) is 42.7 Å². The Kier molecular flexibility index (Phi) is 2.56. The highest BCUT2D eigenvalue weighted by molar-refractivity contribution is 5.84. The van der Waals surface area contributed by atoms with Gasteiger partial charge in [0.1, 0.15) is 5.58 Å². The lowest BCUT2D eigenvalue weighted by molar-refractivity contribution is 0.351. The number of fused-ring (bicyclic) bond motifs is 1. The normalized spacial score (nSPS) is 10.8. The molecule has 0 aliphatic rings. The van der Waals surface area contributed by atoms with Gasteiger partial charge in [0, 0.05) is 5.39 Å². The van der Waals surface area contributed by atoms with E-state index in [1.807, 2.05) is 24.3 Å². The first kappa shape index (κ1) is 11.5. The van der Waals surface area contributed by atoms with Gasteiger partial charge in [-0.15, -0.1) is 0 Å². The van der Waals surface area contributed by atoms with Gasteiger partial charge >= 0.3 is 0 Å². The molecule has 0 amide bonds. The summed E-state index contributed by atoms with van der Waals surface area (Å²) in [5, 5.41) is 20.3. The monoisotopic (exact) mass is 256 g/mol. The summed E-state index contributed by atoms with van der Waals surface area (Å²) in [6, 6.07) is 10.7. The first-order chi connectivity index (χ1) is 9.19. The number of benzene rings is 2. The molecule has 96 valence electrons. The van der Waals surface area contributed by atoms with Crippen molar-refractivity contribution in [2.24, 2.45) is 0 Å². The van der Waals surface area contributed by atoms with Gasteiger partial charge in [0.05, 0.1) is 13.4 Å². The zero-order valence-electron chi connectivity index (χ0n) is 10.3. The molecule has 0 bridgehead atoms. The molecule has 0 fully saturated rings. The van der Waals surface area contributed by atoms with Crippen LogP contribution in [0.25, 0.3) is 22.1 Å². The fourth-order valence-electron chi connectivity index (χ4n) is 2.06. The minimum Gasteiger partial charge on any atom is -0.504 e. The third kappa shape index (κ3) is 1.87. The van der Waals surface area contributed by atoms with Crippen molar-refractivity contribution in [2.75, 3.05) is 7.11 Å². The van der Waals surface area contributed by atoms with Crippen LogP contribution in [0.5, 0.6) is 17.2 Å². The Morgan fingerprint density at radius 2 is 1.84 bits per heavy atom. The summed E-state index contributed by atoms with van der Waals surface area (Å²) >= 11 is 0. The van der Waals surface area contributed by atoms with Gasteiger partial charge in [0.15, 0.2) is 11.5 Å². The van der Waals surface area contributed by atoms with Gasteiger partial charge in [0.2, 0.25) is 5.75 Å². The average Bonchev–Trinajstić information content (AvgIpc) is 2.89. The van der Waals surface area contributed by atoms with Crippen LogP contribution >= 0.6 is 0 Å². The van der Waals surface area contributed by atoms with Crippen LogP contribution in [0.15, 0.2) is 47.1 Å². The minimum absolute atomic E-state index is 0.207. The summed E-state index contributed by atoms with van der Waals surface area (Å²) in [6.07, 6.45) is 1.63. The van der Waals surface area contributed by atoms with Gasteiger partial charge in [-0.25, -0.2) is 0 Å². The van der Waals surface area contributed by atoms with Gasteiger partial charge in [-0.2, -0.15) is 0 Å². The molecule has 3 rings (SSSR count). The molecule has 0 saturated carbocycles. The highest BCUT2D eigenvalue weighted by Crippen LogP contribution is 2.40. The molecule has 2 N–H and O–H groups in total. The number of furan rings is 1. The summed E-state index contributed by atoms with van der Waals surface area (Å²) in [7, 11) is 1.44. The van der Waals surface area contributed by atoms with Gasteiger partial charge in [-0.1, -0.05) is 6.07 Å². The second-order valence-electron chi connectivity index (χ2n) is 4.22. The summed E-state index contributed by atoms with van der Waals surface area (Å²) in [4.78, 5) is 0. The molecule has 0 unspecified atom stereocenters. The van der Waals surface area contributed by atoms with Crippen molar-refractivity contribution < 1.29 is 19.4 Å². The van der Waals surface area contributed by atoms with E-state index >= 15 is 0 Å². The van der Waals surface area contributed by atoms with E-state index in [2.05, 4.69) is 0 Å². The number of phenolic OH excluding ortho intramolecular Hbond substituents is 2. The van der Waals surface area contributed by atoms with Gasteiger partial charge in [0.25, 0.3) is 0 Å². The lowest BCUT2D eigenvalue weighted by Crippen LogP contribution is -1.86. The van der Waals surface area contributed by atoms with E-state index in [1.54, 1.807) is 12.3 Å². The van der Waals surface area contributed by atoms with E-state index < -0.39 is 0 Å². The predicted molar refractivity (Wildman–Crippen MR) is 71.5 cm³/mol. The maximum absolute atomic E-state index is 9.70. The summed E-state index contributed by atoms with van der Waals surface area (Å²) < 4.78 is 10.3. The Hall–Kier alpha value is -2.62. The van der Waals surface area contributed by atoms with Crippen molar-refractivity contribution in [1.82, 2.24) is 0 Å². The van der Waals surface area contributed by atoms with Crippen LogP contribution in [0.1, 0.15) is 0 Å². The van der Waals surface area contributed by atoms with Crippen LogP contribution in [0.2, 0.25) is 0 Å². The Balaban J connectivity index is 2.17. The third-order valence-corrected chi connectivity index (χ3v) is 3.06. The van der Waals surface area contributed by atoms with Crippen molar-refractivity contribution in [2.45, 2.75) is 0 Å². The standard InChI is InChI=1S/C15H12O4/c1-18-14-8-11(7-12(16)15(14)17)9-2-3-13-10(6-9)4-5-19-13/h2-8,16-17H,1H3. The highest BCUT2D eigenvalue weighted by atomic mass is 16.5. The number of methoxy groups -OCH3 is 1. The topological polar surface area (TPSA) is 62.8 Å². The van der Waals surface area contributed by atoms with E-state index in [0.29, 0.717) is 0 Å². The molecule has 2 aromatic carbocycles. The molecule has 0 atom stereocenters. The SMILES string of the molecule is COc1cc(-c2ccc3occc3c2)cc(O)c1O. The van der Waals surface area contributed by atoms with Crippen molar-refractivity contribution >= 4 is 11.0 Å². The summed E-state index contributed by atoms with van der Waals surface area (Å²) in [5.41, 5.74) is 2.47. The van der Waals surface area contributed by atoms with E-state index in [1.165, 1.54) is 13.2 Å². The molecule has 0 aliphatic heterocycles. The minimum atomic E-state index is -0.254. The highest BCUT2D eigenvalue weighted by Gasteiger charge is 2.11. The fourth-order valence-corrected chi connectivity index (χ4v) is 2.06. The maximum Gasteiger partial charge on any atom is 0.200 e. The second kappa shape index (κ2) is 4.24. The Morgan fingerprint density at radius 3 is 2.63 bits per heavy atom. The number of aromatic hydroxyl groups is 2. The molecule has 3 aromatic rings.